The minimum absolute atomic E-state index is 0.149. The number of hydrazone groups is 1. The summed E-state index contributed by atoms with van der Waals surface area (Å²) < 4.78 is 3.28. The lowest BCUT2D eigenvalue weighted by Gasteiger charge is -2.08. The van der Waals surface area contributed by atoms with Crippen LogP contribution in [0.5, 0.6) is 5.75 Å². The number of aromatic hydroxyl groups is 1. The van der Waals surface area contributed by atoms with Gasteiger partial charge in [-0.3, -0.25) is 14.3 Å². The summed E-state index contributed by atoms with van der Waals surface area (Å²) >= 11 is 1.23. The Labute approximate surface area is 176 Å². The monoisotopic (exact) mass is 421 g/mol. The van der Waals surface area contributed by atoms with E-state index in [1.54, 1.807) is 28.5 Å². The third kappa shape index (κ3) is 3.67. The Morgan fingerprint density at radius 3 is 2.47 bits per heavy atom. The largest absolute Gasteiger partial charge is 0.508 e. The van der Waals surface area contributed by atoms with E-state index in [1.807, 2.05) is 37.3 Å². The van der Waals surface area contributed by atoms with Crippen LogP contribution in [-0.2, 0) is 11.8 Å². The van der Waals surface area contributed by atoms with Gasteiger partial charge in [-0.2, -0.15) is 10.1 Å². The number of phenols is 1. The van der Waals surface area contributed by atoms with Gasteiger partial charge in [-0.1, -0.05) is 30.0 Å². The van der Waals surface area contributed by atoms with Crippen molar-refractivity contribution < 1.29 is 9.90 Å². The van der Waals surface area contributed by atoms with Gasteiger partial charge in [0.25, 0.3) is 11.5 Å². The number of aromatic nitrogens is 2. The molecule has 1 N–H and O–H groups in total. The molecule has 1 aliphatic rings. The van der Waals surface area contributed by atoms with Gasteiger partial charge in [0.1, 0.15) is 5.75 Å². The van der Waals surface area contributed by atoms with E-state index in [0.29, 0.717) is 10.9 Å². The average Bonchev–Trinajstić information content (AvgIpc) is 3.20. The van der Waals surface area contributed by atoms with Crippen LogP contribution in [0, 0.1) is 6.92 Å². The zero-order chi connectivity index (χ0) is 21.3. The van der Waals surface area contributed by atoms with E-state index in [4.69, 9.17) is 0 Å². The van der Waals surface area contributed by atoms with Crippen molar-refractivity contribution in [2.75, 3.05) is 5.75 Å². The number of amides is 1. The second-order valence-electron chi connectivity index (χ2n) is 6.63. The Kier molecular flexibility index (Phi) is 5.28. The summed E-state index contributed by atoms with van der Waals surface area (Å²) in [5, 5.41) is 15.2. The Morgan fingerprint density at radius 1 is 1.07 bits per heavy atom. The average molecular weight is 421 g/mol. The highest BCUT2D eigenvalue weighted by Crippen LogP contribution is 2.25. The van der Waals surface area contributed by atoms with E-state index in [0.717, 1.165) is 11.3 Å². The van der Waals surface area contributed by atoms with Crippen LogP contribution >= 0.6 is 11.8 Å². The van der Waals surface area contributed by atoms with Crippen molar-refractivity contribution in [1.29, 1.82) is 0 Å². The fourth-order valence-corrected chi connectivity index (χ4v) is 3.81. The molecule has 0 aliphatic carbocycles. The number of aliphatic imine (C=N–C) groups is 1. The Hall–Kier alpha value is -3.59. The van der Waals surface area contributed by atoms with Crippen LogP contribution in [0.1, 0.15) is 11.3 Å². The van der Waals surface area contributed by atoms with Gasteiger partial charge in [-0.25, -0.2) is 9.67 Å². The number of benzene rings is 2. The Balaban J connectivity index is 1.71. The number of carbonyl (C=O) groups excluding carboxylic acids is 1. The first-order valence-electron chi connectivity index (χ1n) is 9.17. The molecule has 2 heterocycles. The van der Waals surface area contributed by atoms with Gasteiger partial charge in [0.05, 0.1) is 23.3 Å². The molecule has 152 valence electrons. The van der Waals surface area contributed by atoms with Gasteiger partial charge in [0, 0.05) is 7.05 Å². The van der Waals surface area contributed by atoms with E-state index >= 15 is 0 Å². The van der Waals surface area contributed by atoms with Crippen molar-refractivity contribution in [3.8, 4) is 11.4 Å². The molecule has 0 bridgehead atoms. The Morgan fingerprint density at radius 2 is 1.77 bits per heavy atom. The van der Waals surface area contributed by atoms with E-state index in [9.17, 15) is 14.7 Å². The van der Waals surface area contributed by atoms with E-state index in [1.165, 1.54) is 35.1 Å². The van der Waals surface area contributed by atoms with Crippen molar-refractivity contribution in [2.24, 2.45) is 17.1 Å². The quantitative estimate of drug-likeness (QED) is 0.656. The van der Waals surface area contributed by atoms with E-state index in [2.05, 4.69) is 10.1 Å². The third-order valence-electron chi connectivity index (χ3n) is 4.69. The molecule has 1 fully saturated rings. The molecule has 1 aliphatic heterocycles. The second-order valence-corrected chi connectivity index (χ2v) is 7.58. The molecule has 8 nitrogen and oxygen atoms in total. The number of phenolic OH excluding ortho intramolecular Hbond substituents is 1. The van der Waals surface area contributed by atoms with Crippen LogP contribution in [0.2, 0.25) is 0 Å². The zero-order valence-electron chi connectivity index (χ0n) is 16.4. The number of hydrogen-bond acceptors (Lipinski definition) is 6. The van der Waals surface area contributed by atoms with Crippen LogP contribution in [0.15, 0.2) is 69.5 Å². The molecule has 4 rings (SSSR count). The van der Waals surface area contributed by atoms with Gasteiger partial charge in [-0.05, 0) is 48.9 Å². The molecule has 2 aromatic carbocycles. The lowest BCUT2D eigenvalue weighted by atomic mass is 10.2. The lowest BCUT2D eigenvalue weighted by molar-refractivity contribution is -0.124. The summed E-state index contributed by atoms with van der Waals surface area (Å²) in [6.45, 7) is 1.81. The summed E-state index contributed by atoms with van der Waals surface area (Å²) in [5.41, 5.74) is 2.13. The predicted octanol–water partition coefficient (Wildman–Crippen LogP) is 2.79. The van der Waals surface area contributed by atoms with E-state index < -0.39 is 0 Å². The zero-order valence-corrected chi connectivity index (χ0v) is 17.2. The van der Waals surface area contributed by atoms with Crippen LogP contribution in [0.4, 0.5) is 5.69 Å². The van der Waals surface area contributed by atoms with Gasteiger partial charge in [-0.15, -0.1) is 0 Å². The number of amidine groups is 1. The maximum absolute atomic E-state index is 13.1. The molecule has 0 unspecified atom stereocenters. The molecule has 0 spiro atoms. The summed E-state index contributed by atoms with van der Waals surface area (Å²) in [7, 11) is 1.79. The van der Waals surface area contributed by atoms with Gasteiger partial charge >= 0.3 is 0 Å². The fourth-order valence-electron chi connectivity index (χ4n) is 3.01. The SMILES string of the molecule is Cc1c(N=C2SCC(=O)N2/N=C\c2ccc(O)cc2)c(=O)n(-c2ccccc2)n1C. The normalized spacial score (nSPS) is 15.6. The van der Waals surface area contributed by atoms with Gasteiger partial charge in [0.2, 0.25) is 0 Å². The number of hydrogen-bond donors (Lipinski definition) is 1. The standard InChI is InChI=1S/C21H19N5O3S/c1-14-19(20(29)26(24(14)2)16-6-4-3-5-7-16)23-21-25(18(28)13-30-21)22-12-15-8-10-17(27)11-9-15/h3-12,27H,13H2,1-2H3/b22-12-,23-21?. The molecule has 1 saturated heterocycles. The van der Waals surface area contributed by atoms with Crippen molar-refractivity contribution in [2.45, 2.75) is 6.92 Å². The maximum Gasteiger partial charge on any atom is 0.297 e. The number of para-hydroxylation sites is 1. The van der Waals surface area contributed by atoms with Crippen LogP contribution < -0.4 is 5.56 Å². The van der Waals surface area contributed by atoms with Gasteiger partial charge in [0.15, 0.2) is 10.9 Å². The highest BCUT2D eigenvalue weighted by atomic mass is 32.2. The number of thioether (sulfide) groups is 1. The molecule has 0 atom stereocenters. The number of nitrogens with zero attached hydrogens (tertiary/aromatic N) is 5. The van der Waals surface area contributed by atoms with Crippen molar-refractivity contribution in [3.63, 3.8) is 0 Å². The first kappa shape index (κ1) is 19.7. The highest BCUT2D eigenvalue weighted by Gasteiger charge is 2.29. The van der Waals surface area contributed by atoms with Crippen LogP contribution in [0.25, 0.3) is 5.69 Å². The summed E-state index contributed by atoms with van der Waals surface area (Å²) in [6.07, 6.45) is 1.51. The second kappa shape index (κ2) is 8.03. The van der Waals surface area contributed by atoms with Crippen molar-refractivity contribution in [3.05, 3.63) is 76.2 Å². The molecule has 0 radical (unpaired) electrons. The Bertz CT molecular complexity index is 1210. The molecular formula is C21H19N5O3S. The summed E-state index contributed by atoms with van der Waals surface area (Å²) in [5.74, 6) is 0.132. The third-order valence-corrected chi connectivity index (χ3v) is 5.60. The molecule has 1 aromatic heterocycles. The smallest absolute Gasteiger partial charge is 0.297 e. The number of rotatable bonds is 4. The molecule has 30 heavy (non-hydrogen) atoms. The number of carbonyl (C=O) groups is 1. The molecule has 1 amide bonds. The van der Waals surface area contributed by atoms with Crippen LogP contribution in [0.3, 0.4) is 0 Å². The predicted molar refractivity (Wildman–Crippen MR) is 118 cm³/mol. The van der Waals surface area contributed by atoms with Crippen LogP contribution in [-0.4, -0.2) is 42.5 Å². The molecule has 9 heteroatoms. The minimum atomic E-state index is -0.267. The van der Waals surface area contributed by atoms with Crippen molar-refractivity contribution in [1.82, 2.24) is 14.4 Å². The lowest BCUT2D eigenvalue weighted by Crippen LogP contribution is -2.24. The summed E-state index contributed by atoms with van der Waals surface area (Å²) in [4.78, 5) is 29.9. The first-order valence-corrected chi connectivity index (χ1v) is 10.2. The van der Waals surface area contributed by atoms with E-state index in [-0.39, 0.29) is 28.7 Å². The fraction of sp³-hybridized carbons (Fsp3) is 0.143. The van der Waals surface area contributed by atoms with Crippen molar-refractivity contribution >= 4 is 34.7 Å². The molecule has 0 saturated carbocycles. The maximum atomic E-state index is 13.1. The highest BCUT2D eigenvalue weighted by molar-refractivity contribution is 8.15. The molecule has 3 aromatic rings. The van der Waals surface area contributed by atoms with Gasteiger partial charge < -0.3 is 5.11 Å². The first-order chi connectivity index (χ1) is 14.5. The minimum Gasteiger partial charge on any atom is -0.508 e. The topological polar surface area (TPSA) is 92.2 Å². The molecular weight excluding hydrogens is 402 g/mol. The summed E-state index contributed by atoms with van der Waals surface area (Å²) in [6, 6.07) is 15.7.